The minimum absolute atomic E-state index is 0.0172. The quantitative estimate of drug-likeness (QED) is 0.0294. The van der Waals surface area contributed by atoms with Gasteiger partial charge < -0.3 is 34.0 Å². The number of esters is 3. The van der Waals surface area contributed by atoms with Gasteiger partial charge in [0.25, 0.3) is 8.32 Å². The van der Waals surface area contributed by atoms with Crippen molar-refractivity contribution in [1.29, 1.82) is 0 Å². The van der Waals surface area contributed by atoms with Crippen LogP contribution in [0.4, 0.5) is 4.39 Å². The van der Waals surface area contributed by atoms with Crippen molar-refractivity contribution in [1.82, 2.24) is 0 Å². The highest BCUT2D eigenvalue weighted by Crippen LogP contribution is 2.37. The van der Waals surface area contributed by atoms with Crippen LogP contribution in [0.3, 0.4) is 0 Å². The SMILES string of the molecule is CC(CC(=O)O)C(=O)OC1C(=Cc2ccsc2)C(=O)CC1C.CC1CC(=O)C(=Cc2ccc(F)cc2)C1O[Si](C)(c1ccccc1)c1ccccc1.CC1CC(=O)C(=Cc2ccsc2)C1OC(=O)CCC(=O)O.CC1CC(=O)C(=Cc2ccsc2)C1OC(=O)c1ccccc1C(=O)O. The summed E-state index contributed by atoms with van der Waals surface area (Å²) < 4.78 is 36.5. The summed E-state index contributed by atoms with van der Waals surface area (Å²) in [5.74, 6) is -6.46. The molecule has 7 aromatic rings. The molecule has 0 aliphatic heterocycles. The number of thiophene rings is 3. The van der Waals surface area contributed by atoms with Gasteiger partial charge in [0.2, 0.25) is 0 Å². The first-order valence-corrected chi connectivity index (χ1v) is 37.0. The molecule has 9 unspecified atom stereocenters. The molecule has 4 aliphatic rings. The highest BCUT2D eigenvalue weighted by Gasteiger charge is 2.45. The van der Waals surface area contributed by atoms with Crippen molar-refractivity contribution in [3.63, 3.8) is 0 Å². The zero-order valence-corrected chi connectivity index (χ0v) is 58.2. The van der Waals surface area contributed by atoms with Gasteiger partial charge in [-0.05, 0) is 144 Å². The second kappa shape index (κ2) is 34.7. The molecule has 3 heterocycles. The van der Waals surface area contributed by atoms with Gasteiger partial charge in [-0.1, -0.05) is 120 Å². The number of rotatable bonds is 19. The van der Waals surface area contributed by atoms with Crippen molar-refractivity contribution in [3.8, 4) is 0 Å². The number of ketones is 4. The van der Waals surface area contributed by atoms with E-state index in [1.165, 1.54) is 75.6 Å². The number of halogens is 1. The lowest BCUT2D eigenvalue weighted by molar-refractivity contribution is -0.156. The maximum atomic E-state index is 13.3. The highest BCUT2D eigenvalue weighted by molar-refractivity contribution is 7.08. The third-order valence-electron chi connectivity index (χ3n) is 17.0. The molecule has 17 nitrogen and oxygen atoms in total. The van der Waals surface area contributed by atoms with E-state index >= 15 is 0 Å². The molecule has 0 radical (unpaired) electrons. The number of Topliss-reactive ketones (excluding diaryl/α,β-unsaturated/α-hetero) is 4. The van der Waals surface area contributed by atoms with Crippen molar-refractivity contribution in [3.05, 3.63) is 221 Å². The molecule has 0 saturated heterocycles. The van der Waals surface area contributed by atoms with E-state index in [2.05, 4.69) is 37.7 Å². The molecule has 3 N–H and O–H groups in total. The van der Waals surface area contributed by atoms with Crippen LogP contribution in [0.25, 0.3) is 24.3 Å². The topological polar surface area (TPSA) is 268 Å². The van der Waals surface area contributed by atoms with Crippen molar-refractivity contribution in [2.75, 3.05) is 0 Å². The molecule has 22 heteroatoms. The maximum absolute atomic E-state index is 13.3. The first-order chi connectivity index (χ1) is 46.8. The molecule has 11 rings (SSSR count). The third-order valence-corrected chi connectivity index (χ3v) is 22.6. The summed E-state index contributed by atoms with van der Waals surface area (Å²) in [7, 11) is -2.56. The zero-order chi connectivity index (χ0) is 70.8. The van der Waals surface area contributed by atoms with E-state index in [4.69, 9.17) is 28.8 Å². The first-order valence-electron chi connectivity index (χ1n) is 31.8. The van der Waals surface area contributed by atoms with Crippen LogP contribution < -0.4 is 10.4 Å². The first kappa shape index (κ1) is 74.3. The van der Waals surface area contributed by atoms with Crippen molar-refractivity contribution < 1.29 is 86.3 Å². The van der Waals surface area contributed by atoms with Gasteiger partial charge in [0.15, 0.2) is 23.1 Å². The third kappa shape index (κ3) is 19.9. The number of ether oxygens (including phenoxy) is 3. The van der Waals surface area contributed by atoms with Crippen LogP contribution in [0.1, 0.15) is 123 Å². The van der Waals surface area contributed by atoms with Crippen LogP contribution >= 0.6 is 34.0 Å². The molecule has 0 bridgehead atoms. The lowest BCUT2D eigenvalue weighted by Gasteiger charge is -2.33. The Labute approximate surface area is 580 Å². The molecule has 4 aromatic carbocycles. The van der Waals surface area contributed by atoms with Crippen LogP contribution in [0, 0.1) is 35.4 Å². The summed E-state index contributed by atoms with van der Waals surface area (Å²) >= 11 is 4.56. The smallest absolute Gasteiger partial charge is 0.339 e. The van der Waals surface area contributed by atoms with Gasteiger partial charge in [-0.25, -0.2) is 14.0 Å². The second-order valence-corrected chi connectivity index (χ2v) is 30.5. The summed E-state index contributed by atoms with van der Waals surface area (Å²) in [5, 5.41) is 40.3. The summed E-state index contributed by atoms with van der Waals surface area (Å²) in [5.41, 5.74) is 5.48. The minimum atomic E-state index is -2.56. The van der Waals surface area contributed by atoms with E-state index in [9.17, 15) is 57.4 Å². The van der Waals surface area contributed by atoms with Gasteiger partial charge in [0, 0.05) is 65.7 Å². The van der Waals surface area contributed by atoms with Crippen molar-refractivity contribution in [2.24, 2.45) is 29.6 Å². The molecule has 0 amide bonds. The van der Waals surface area contributed by atoms with Crippen molar-refractivity contribution in [2.45, 2.75) is 111 Å². The molecule has 3 aromatic heterocycles. The van der Waals surface area contributed by atoms with E-state index in [-0.39, 0.29) is 89.1 Å². The summed E-state index contributed by atoms with van der Waals surface area (Å²) in [6, 6.07) is 38.4. The molecule has 9 atom stereocenters. The second-order valence-electron chi connectivity index (χ2n) is 24.7. The molecule has 4 aliphatic carbocycles. The highest BCUT2D eigenvalue weighted by atomic mass is 32.1. The van der Waals surface area contributed by atoms with Crippen molar-refractivity contribution >= 4 is 136 Å². The normalized spacial score (nSPS) is 22.3. The van der Waals surface area contributed by atoms with Crippen LogP contribution in [-0.2, 0) is 57.0 Å². The van der Waals surface area contributed by atoms with Gasteiger partial charge in [-0.15, -0.1) is 0 Å². The molecular formula is C76H75FO17S3Si. The standard InChI is InChI=1S/C26H25FO2Si.C19H16O5S.C16H18O5S.C15H16O5S/c1-19-17-25(28)24(18-20-13-15-21(27)16-14-20)26(19)29-30(2,22-9-5-3-6-10-22)23-11-7-4-8-12-23;1-11-8-16(20)15(9-12-6-7-25-10-12)17(11)24-19(23)14-5-3-2-4-13(14)18(21)22;1-9-5-13(17)12(7-11-3-4-22-8-11)15(9)21-16(20)10(2)6-14(18)19;1-9-6-12(16)11(7-10-4-5-21-8-10)15(9)20-14(19)3-2-13(17)18/h3-16,18-19,26H,17H2,1-2H3;2-7,9-11,17H,8H2,1H3,(H,21,22);3-4,7-10,15H,5-6H2,1-2H3,(H,18,19);4-5,7-9,15H,2-3,6H2,1H3,(H,17,18). The van der Waals surface area contributed by atoms with E-state index in [1.54, 1.807) is 42.5 Å². The minimum Gasteiger partial charge on any atom is -0.481 e. The van der Waals surface area contributed by atoms with Crippen LogP contribution in [0.5, 0.6) is 0 Å². The number of carbonyl (C=O) groups excluding carboxylic acids is 7. The monoisotopic (exact) mass is 1400 g/mol. The Morgan fingerprint density at radius 2 is 0.878 bits per heavy atom. The Hall–Kier alpha value is -9.45. The Morgan fingerprint density at radius 3 is 1.29 bits per heavy atom. The largest absolute Gasteiger partial charge is 0.481 e. The number of hydrogen-bond acceptors (Lipinski definition) is 17. The van der Waals surface area contributed by atoms with E-state index in [0.29, 0.717) is 48.0 Å². The Kier molecular flexibility index (Phi) is 26.3. The van der Waals surface area contributed by atoms with E-state index in [0.717, 1.165) is 22.3 Å². The van der Waals surface area contributed by atoms with Crippen LogP contribution in [-0.4, -0.2) is 107 Å². The van der Waals surface area contributed by atoms with Gasteiger partial charge in [0.05, 0.1) is 42.4 Å². The predicted molar refractivity (Wildman–Crippen MR) is 376 cm³/mol. The molecule has 510 valence electrons. The lowest BCUT2D eigenvalue weighted by atomic mass is 10.0. The maximum Gasteiger partial charge on any atom is 0.339 e. The molecule has 4 saturated carbocycles. The number of carboxylic acids is 3. The Bertz CT molecular complexity index is 4080. The molecule has 0 spiro atoms. The van der Waals surface area contributed by atoms with Crippen LogP contribution in [0.15, 0.2) is 182 Å². The summed E-state index contributed by atoms with van der Waals surface area (Å²) in [4.78, 5) is 118. The zero-order valence-electron chi connectivity index (χ0n) is 54.7. The predicted octanol–water partition coefficient (Wildman–Crippen LogP) is 13.5. The number of hydrogen-bond donors (Lipinski definition) is 3. The van der Waals surface area contributed by atoms with Crippen LogP contribution in [0.2, 0.25) is 6.55 Å². The number of aromatic carboxylic acids is 1. The van der Waals surface area contributed by atoms with Gasteiger partial charge in [0.1, 0.15) is 24.1 Å². The summed E-state index contributed by atoms with van der Waals surface area (Å²) in [6.45, 7) is 11.3. The Balaban J connectivity index is 0.000000168. The fraction of sp³-hybridized carbons (Fsp3) is 0.289. The number of aliphatic carboxylic acids is 2. The number of carboxylic acid groups (broad SMARTS) is 3. The fourth-order valence-corrected chi connectivity index (χ4v) is 16.7. The van der Waals surface area contributed by atoms with Gasteiger partial charge in [-0.3, -0.25) is 38.4 Å². The average molecular weight is 1400 g/mol. The van der Waals surface area contributed by atoms with Gasteiger partial charge in [-0.2, -0.15) is 34.0 Å². The van der Waals surface area contributed by atoms with E-state index < -0.39 is 68.4 Å². The molecule has 4 fully saturated rings. The van der Waals surface area contributed by atoms with E-state index in [1.807, 2.05) is 114 Å². The number of benzene rings is 4. The average Bonchev–Trinajstić information content (AvgIpc) is 1.72. The lowest BCUT2D eigenvalue weighted by Crippen LogP contribution is -2.60. The molecule has 98 heavy (non-hydrogen) atoms. The fourth-order valence-electron chi connectivity index (χ4n) is 11.7. The number of carbonyl (C=O) groups is 10. The molecular weight excluding hydrogens is 1330 g/mol. The van der Waals surface area contributed by atoms with Gasteiger partial charge >= 0.3 is 35.8 Å². The Morgan fingerprint density at radius 1 is 0.490 bits per heavy atom. The summed E-state index contributed by atoms with van der Waals surface area (Å²) in [6.07, 6.45) is 5.65.